The molecule has 5 rings (SSSR count). The van der Waals surface area contributed by atoms with Crippen molar-refractivity contribution in [2.45, 2.75) is 6.92 Å². The Bertz CT molecular complexity index is 1270. The SMILES string of the molecule is CCOC(=O)Oc1cc2c(s1)-c1cc3ccc(OC)cc3cc1Oc1ccccc1-2. The third-order valence-corrected chi connectivity index (χ3v) is 5.99. The molecule has 4 aromatic rings. The van der Waals surface area contributed by atoms with Gasteiger partial charge in [-0.25, -0.2) is 4.79 Å². The predicted molar refractivity (Wildman–Crippen MR) is 117 cm³/mol. The molecule has 2 heterocycles. The molecule has 0 saturated heterocycles. The van der Waals surface area contributed by atoms with Crippen LogP contribution in [-0.2, 0) is 4.74 Å². The van der Waals surface area contributed by atoms with Crippen LogP contribution in [0, 0.1) is 0 Å². The monoisotopic (exact) mass is 418 g/mol. The fourth-order valence-corrected chi connectivity index (χ4v) is 4.62. The van der Waals surface area contributed by atoms with Crippen LogP contribution in [0.5, 0.6) is 22.3 Å². The van der Waals surface area contributed by atoms with Crippen molar-refractivity contribution in [1.29, 1.82) is 0 Å². The lowest BCUT2D eigenvalue weighted by atomic mass is 10.0. The molecule has 0 saturated carbocycles. The van der Waals surface area contributed by atoms with Crippen LogP contribution in [0.1, 0.15) is 6.92 Å². The van der Waals surface area contributed by atoms with Gasteiger partial charge in [0.1, 0.15) is 17.2 Å². The summed E-state index contributed by atoms with van der Waals surface area (Å²) >= 11 is 1.40. The van der Waals surface area contributed by atoms with Gasteiger partial charge in [-0.2, -0.15) is 0 Å². The Balaban J connectivity index is 1.71. The minimum atomic E-state index is -0.704. The first-order valence-electron chi connectivity index (χ1n) is 9.54. The van der Waals surface area contributed by atoms with E-state index in [-0.39, 0.29) is 6.61 Å². The number of fused-ring (bicyclic) bond motifs is 6. The molecule has 150 valence electrons. The zero-order chi connectivity index (χ0) is 20.7. The molecular weight excluding hydrogens is 400 g/mol. The Morgan fingerprint density at radius 2 is 1.80 bits per heavy atom. The van der Waals surface area contributed by atoms with Crippen LogP contribution >= 0.6 is 11.3 Å². The molecule has 0 N–H and O–H groups in total. The number of para-hydroxylation sites is 1. The van der Waals surface area contributed by atoms with Crippen LogP contribution in [0.15, 0.2) is 60.7 Å². The molecule has 0 radical (unpaired) electrons. The first-order chi connectivity index (χ1) is 14.7. The summed E-state index contributed by atoms with van der Waals surface area (Å²) in [5.41, 5.74) is 2.85. The van der Waals surface area contributed by atoms with E-state index in [9.17, 15) is 4.79 Å². The largest absolute Gasteiger partial charge is 0.514 e. The van der Waals surface area contributed by atoms with Gasteiger partial charge in [-0.1, -0.05) is 35.6 Å². The second kappa shape index (κ2) is 7.39. The standard InChI is InChI=1S/C24H18O5S/c1-3-27-24(25)29-22-13-18-17-6-4-5-7-20(17)28-21-12-15-10-16(26-2)9-8-14(15)11-19(21)23(18)30-22/h4-13H,3H2,1-2H3. The number of rotatable bonds is 3. The van der Waals surface area contributed by atoms with E-state index >= 15 is 0 Å². The minimum absolute atomic E-state index is 0.263. The van der Waals surface area contributed by atoms with Gasteiger partial charge in [0.15, 0.2) is 5.06 Å². The van der Waals surface area contributed by atoms with Crippen molar-refractivity contribution in [2.24, 2.45) is 0 Å². The number of hydrogen-bond donors (Lipinski definition) is 0. The van der Waals surface area contributed by atoms with E-state index in [1.54, 1.807) is 14.0 Å². The summed E-state index contributed by atoms with van der Waals surface area (Å²) in [6.45, 7) is 2.01. The summed E-state index contributed by atoms with van der Waals surface area (Å²) in [5, 5.41) is 2.57. The van der Waals surface area contributed by atoms with Crippen LogP contribution in [0.4, 0.5) is 4.79 Å². The molecule has 0 amide bonds. The van der Waals surface area contributed by atoms with Crippen molar-refractivity contribution in [3.63, 3.8) is 0 Å². The Morgan fingerprint density at radius 3 is 2.63 bits per heavy atom. The molecular formula is C24H18O5S. The topological polar surface area (TPSA) is 54.0 Å². The maximum absolute atomic E-state index is 11.8. The van der Waals surface area contributed by atoms with Crippen molar-refractivity contribution < 1.29 is 23.7 Å². The first-order valence-corrected chi connectivity index (χ1v) is 10.4. The van der Waals surface area contributed by atoms with E-state index < -0.39 is 6.16 Å². The quantitative estimate of drug-likeness (QED) is 0.299. The van der Waals surface area contributed by atoms with E-state index in [1.165, 1.54) is 11.3 Å². The molecule has 0 fully saturated rings. The number of thiophene rings is 1. The molecule has 0 spiro atoms. The number of ether oxygens (including phenoxy) is 4. The van der Waals surface area contributed by atoms with Crippen molar-refractivity contribution in [3.8, 4) is 43.9 Å². The van der Waals surface area contributed by atoms with Crippen molar-refractivity contribution >= 4 is 28.3 Å². The van der Waals surface area contributed by atoms with Crippen molar-refractivity contribution in [2.75, 3.05) is 13.7 Å². The summed E-state index contributed by atoms with van der Waals surface area (Å²) in [7, 11) is 1.65. The van der Waals surface area contributed by atoms with Gasteiger partial charge in [0.05, 0.1) is 13.7 Å². The van der Waals surface area contributed by atoms with Gasteiger partial charge in [-0.15, -0.1) is 0 Å². The van der Waals surface area contributed by atoms with Crippen molar-refractivity contribution in [3.05, 3.63) is 60.7 Å². The van der Waals surface area contributed by atoms with Gasteiger partial charge in [0.2, 0.25) is 0 Å². The Labute approximate surface area is 177 Å². The third-order valence-electron chi connectivity index (χ3n) is 4.94. The van der Waals surface area contributed by atoms with E-state index in [0.29, 0.717) is 5.06 Å². The molecule has 5 nitrogen and oxygen atoms in total. The predicted octanol–water partition coefficient (Wildman–Crippen LogP) is 6.88. The average molecular weight is 418 g/mol. The van der Waals surface area contributed by atoms with Crippen LogP contribution in [0.3, 0.4) is 0 Å². The number of benzene rings is 3. The highest BCUT2D eigenvalue weighted by atomic mass is 32.1. The average Bonchev–Trinajstić information content (AvgIpc) is 3.11. The maximum Gasteiger partial charge on any atom is 0.514 e. The maximum atomic E-state index is 11.8. The highest BCUT2D eigenvalue weighted by Crippen LogP contribution is 2.52. The first kappa shape index (κ1) is 18.5. The van der Waals surface area contributed by atoms with Gasteiger partial charge >= 0.3 is 6.16 Å². The Hall–Kier alpha value is -3.51. The fraction of sp³-hybridized carbons (Fsp3) is 0.125. The number of carbonyl (C=O) groups is 1. The molecule has 0 atom stereocenters. The lowest BCUT2D eigenvalue weighted by Gasteiger charge is -2.11. The number of hydrogen-bond acceptors (Lipinski definition) is 6. The van der Waals surface area contributed by atoms with E-state index in [4.69, 9.17) is 18.9 Å². The highest BCUT2D eigenvalue weighted by molar-refractivity contribution is 7.18. The highest BCUT2D eigenvalue weighted by Gasteiger charge is 2.25. The molecule has 30 heavy (non-hydrogen) atoms. The molecule has 3 aromatic carbocycles. The summed E-state index contributed by atoms with van der Waals surface area (Å²) in [6, 6.07) is 19.8. The van der Waals surface area contributed by atoms with Gasteiger partial charge in [0, 0.05) is 27.6 Å². The van der Waals surface area contributed by atoms with Crippen LogP contribution < -0.4 is 14.2 Å². The summed E-state index contributed by atoms with van der Waals surface area (Å²) < 4.78 is 22.0. The molecule has 0 aliphatic carbocycles. The molecule has 1 aliphatic heterocycles. The van der Waals surface area contributed by atoms with Gasteiger partial charge in [0.25, 0.3) is 0 Å². The van der Waals surface area contributed by atoms with Crippen LogP contribution in [-0.4, -0.2) is 19.9 Å². The second-order valence-corrected chi connectivity index (χ2v) is 7.77. The van der Waals surface area contributed by atoms with Crippen molar-refractivity contribution in [1.82, 2.24) is 0 Å². The lowest BCUT2D eigenvalue weighted by Crippen LogP contribution is -2.08. The Kier molecular flexibility index (Phi) is 4.56. The second-order valence-electron chi connectivity index (χ2n) is 6.75. The van der Waals surface area contributed by atoms with Crippen LogP contribution in [0.25, 0.3) is 32.3 Å². The number of methoxy groups -OCH3 is 1. The van der Waals surface area contributed by atoms with Gasteiger partial charge in [-0.05, 0) is 48.0 Å². The van der Waals surface area contributed by atoms with E-state index in [1.807, 2.05) is 54.6 Å². The number of carbonyl (C=O) groups excluding carboxylic acids is 1. The lowest BCUT2D eigenvalue weighted by molar-refractivity contribution is 0.105. The molecule has 0 bridgehead atoms. The normalized spacial score (nSPS) is 11.5. The zero-order valence-electron chi connectivity index (χ0n) is 16.4. The molecule has 1 aromatic heterocycles. The summed E-state index contributed by atoms with van der Waals surface area (Å²) in [5.74, 6) is 2.28. The van der Waals surface area contributed by atoms with Crippen LogP contribution in [0.2, 0.25) is 0 Å². The van der Waals surface area contributed by atoms with Gasteiger partial charge < -0.3 is 18.9 Å². The summed E-state index contributed by atoms with van der Waals surface area (Å²) in [6.07, 6.45) is -0.704. The molecule has 0 unspecified atom stereocenters. The minimum Gasteiger partial charge on any atom is -0.497 e. The van der Waals surface area contributed by atoms with E-state index in [0.717, 1.165) is 49.6 Å². The molecule has 6 heteroatoms. The zero-order valence-corrected chi connectivity index (χ0v) is 17.2. The third kappa shape index (κ3) is 3.15. The smallest absolute Gasteiger partial charge is 0.497 e. The summed E-state index contributed by atoms with van der Waals surface area (Å²) in [4.78, 5) is 12.8. The Morgan fingerprint density at radius 1 is 0.933 bits per heavy atom. The molecule has 1 aliphatic rings. The fourth-order valence-electron chi connectivity index (χ4n) is 3.59. The van der Waals surface area contributed by atoms with E-state index in [2.05, 4.69) is 6.07 Å². The van der Waals surface area contributed by atoms with Gasteiger partial charge in [-0.3, -0.25) is 0 Å².